The number of benzene rings is 2. The summed E-state index contributed by atoms with van der Waals surface area (Å²) in [7, 11) is 0. The van der Waals surface area contributed by atoms with Crippen molar-refractivity contribution in [1.29, 1.82) is 0 Å². The fourth-order valence-electron chi connectivity index (χ4n) is 3.25. The summed E-state index contributed by atoms with van der Waals surface area (Å²) in [6.07, 6.45) is -3.08. The number of carbonyl (C=O) groups is 1. The van der Waals surface area contributed by atoms with Crippen LogP contribution in [0.5, 0.6) is 0 Å². The molecule has 0 radical (unpaired) electrons. The first-order chi connectivity index (χ1) is 14.8. The average Bonchev–Trinajstić information content (AvgIpc) is 3.50. The van der Waals surface area contributed by atoms with Crippen molar-refractivity contribution in [3.05, 3.63) is 71.0 Å². The van der Waals surface area contributed by atoms with E-state index in [0.717, 1.165) is 22.6 Å². The van der Waals surface area contributed by atoms with Crippen molar-refractivity contribution >= 4 is 35.0 Å². The number of para-hydroxylation sites is 1. The van der Waals surface area contributed by atoms with Gasteiger partial charge in [0.05, 0.1) is 22.9 Å². The highest BCUT2D eigenvalue weighted by Crippen LogP contribution is 2.47. The number of nitrogens with one attached hydrogen (secondary N) is 1. The Labute approximate surface area is 186 Å². The van der Waals surface area contributed by atoms with Crippen molar-refractivity contribution in [3.63, 3.8) is 0 Å². The van der Waals surface area contributed by atoms with E-state index in [0.29, 0.717) is 11.4 Å². The van der Waals surface area contributed by atoms with Crippen LogP contribution in [0.3, 0.4) is 0 Å². The molecule has 1 N–H and O–H groups in total. The third-order valence-corrected chi connectivity index (χ3v) is 6.30. The summed E-state index contributed by atoms with van der Waals surface area (Å²) in [6, 6.07) is 17.2. The second-order valence-electron chi connectivity index (χ2n) is 7.25. The van der Waals surface area contributed by atoms with E-state index in [9.17, 15) is 18.0 Å². The van der Waals surface area contributed by atoms with Crippen molar-refractivity contribution in [3.8, 4) is 0 Å². The van der Waals surface area contributed by atoms with Crippen LogP contribution < -0.4 is 5.32 Å². The van der Waals surface area contributed by atoms with Gasteiger partial charge in [-0.3, -0.25) is 9.48 Å². The number of aromatic nitrogens is 2. The van der Waals surface area contributed by atoms with E-state index in [-0.39, 0.29) is 29.8 Å². The van der Waals surface area contributed by atoms with Crippen LogP contribution in [-0.2, 0) is 17.5 Å². The second kappa shape index (κ2) is 8.96. The highest BCUT2D eigenvalue weighted by atomic mass is 35.5. The second-order valence-corrected chi connectivity index (χ2v) is 8.75. The smallest absolute Gasteiger partial charge is 0.325 e. The van der Waals surface area contributed by atoms with Crippen LogP contribution in [0, 0.1) is 0 Å². The maximum absolute atomic E-state index is 13.2. The summed E-state index contributed by atoms with van der Waals surface area (Å²) < 4.78 is 40.8. The molecule has 1 aromatic heterocycles. The van der Waals surface area contributed by atoms with Crippen LogP contribution in [0.15, 0.2) is 64.4 Å². The van der Waals surface area contributed by atoms with E-state index in [2.05, 4.69) is 10.4 Å². The zero-order chi connectivity index (χ0) is 22.0. The van der Waals surface area contributed by atoms with Gasteiger partial charge in [-0.1, -0.05) is 53.7 Å². The van der Waals surface area contributed by atoms with Crippen molar-refractivity contribution in [2.75, 3.05) is 5.32 Å². The van der Waals surface area contributed by atoms with Gasteiger partial charge < -0.3 is 5.32 Å². The Morgan fingerprint density at radius 1 is 1.13 bits per heavy atom. The summed E-state index contributed by atoms with van der Waals surface area (Å²) in [4.78, 5) is 14.5. The molecule has 0 aliphatic heterocycles. The van der Waals surface area contributed by atoms with Gasteiger partial charge in [0.25, 0.3) is 0 Å². The number of aryl methyl sites for hydroxylation is 1. The lowest BCUT2D eigenvalue weighted by Gasteiger charge is -2.11. The van der Waals surface area contributed by atoms with Crippen molar-refractivity contribution in [2.24, 2.45) is 0 Å². The number of amides is 1. The Balaban J connectivity index is 1.45. The molecule has 0 saturated heterocycles. The number of nitrogens with zero attached hydrogens (tertiary/aromatic N) is 2. The lowest BCUT2D eigenvalue weighted by molar-refractivity contribution is -0.141. The Morgan fingerprint density at radius 3 is 2.48 bits per heavy atom. The van der Waals surface area contributed by atoms with Crippen molar-refractivity contribution < 1.29 is 18.0 Å². The normalized spacial score (nSPS) is 13.9. The lowest BCUT2D eigenvalue weighted by atomic mass is 10.2. The third kappa shape index (κ3) is 5.25. The van der Waals surface area contributed by atoms with Gasteiger partial charge in [0.15, 0.2) is 5.69 Å². The number of halogens is 4. The molecule has 0 bridgehead atoms. The predicted molar refractivity (Wildman–Crippen MR) is 114 cm³/mol. The third-order valence-electron chi connectivity index (χ3n) is 4.85. The molecule has 1 aliphatic carbocycles. The quantitative estimate of drug-likeness (QED) is 0.427. The summed E-state index contributed by atoms with van der Waals surface area (Å²) in [5.74, 6) is -0.329. The van der Waals surface area contributed by atoms with E-state index < -0.39 is 11.9 Å². The SMILES string of the molecule is O=C(CCn1nc(C(F)(F)F)c(Cl)c1C1CC1)Nc1ccccc1Sc1ccccc1. The molecule has 1 saturated carbocycles. The van der Waals surface area contributed by atoms with Gasteiger partial charge in [-0.05, 0) is 37.1 Å². The van der Waals surface area contributed by atoms with Crippen molar-refractivity contribution in [1.82, 2.24) is 9.78 Å². The molecule has 1 amide bonds. The molecular weight excluding hydrogens is 447 g/mol. The number of hydrogen-bond donors (Lipinski definition) is 1. The van der Waals surface area contributed by atoms with Gasteiger partial charge >= 0.3 is 6.18 Å². The molecule has 2 aromatic carbocycles. The lowest BCUT2D eigenvalue weighted by Crippen LogP contribution is -2.17. The van der Waals surface area contributed by atoms with Crippen LogP contribution in [0.2, 0.25) is 5.02 Å². The summed E-state index contributed by atoms with van der Waals surface area (Å²) in [5, 5.41) is 6.18. The molecule has 1 aliphatic rings. The Bertz CT molecular complexity index is 1080. The minimum Gasteiger partial charge on any atom is -0.325 e. The van der Waals surface area contributed by atoms with Crippen LogP contribution in [0.4, 0.5) is 18.9 Å². The fourth-order valence-corrected chi connectivity index (χ4v) is 4.57. The summed E-state index contributed by atoms with van der Waals surface area (Å²) in [6.45, 7) is 0.0292. The van der Waals surface area contributed by atoms with E-state index in [4.69, 9.17) is 11.6 Å². The van der Waals surface area contributed by atoms with Crippen LogP contribution in [-0.4, -0.2) is 15.7 Å². The maximum Gasteiger partial charge on any atom is 0.436 e. The predicted octanol–water partition coefficient (Wildman–Crippen LogP) is 6.61. The van der Waals surface area contributed by atoms with Gasteiger partial charge in [-0.2, -0.15) is 18.3 Å². The number of alkyl halides is 3. The molecular formula is C22H19ClF3N3OS. The molecule has 0 unspecified atom stereocenters. The maximum atomic E-state index is 13.2. The van der Waals surface area contributed by atoms with Crippen molar-refractivity contribution in [2.45, 2.75) is 47.7 Å². The molecule has 162 valence electrons. The Morgan fingerprint density at radius 2 is 1.81 bits per heavy atom. The van der Waals surface area contributed by atoms with Gasteiger partial charge in [0.2, 0.25) is 5.91 Å². The number of hydrogen-bond acceptors (Lipinski definition) is 3. The van der Waals surface area contributed by atoms with Crippen LogP contribution >= 0.6 is 23.4 Å². The van der Waals surface area contributed by atoms with Gasteiger partial charge in [-0.25, -0.2) is 0 Å². The first-order valence-electron chi connectivity index (χ1n) is 9.78. The molecule has 1 heterocycles. The average molecular weight is 466 g/mol. The first kappa shape index (κ1) is 21.8. The van der Waals surface area contributed by atoms with E-state index in [1.807, 2.05) is 48.5 Å². The van der Waals surface area contributed by atoms with E-state index in [1.165, 1.54) is 16.4 Å². The molecule has 0 atom stereocenters. The standard InChI is InChI=1S/C22H19ClF3N3OS/c23-19-20(14-10-11-14)29(28-21(19)22(24,25)26)13-12-18(30)27-16-8-4-5-9-17(16)31-15-6-2-1-3-7-15/h1-9,14H,10-13H2,(H,27,30). The molecule has 4 nitrogen and oxygen atoms in total. The Hall–Kier alpha value is -2.45. The van der Waals surface area contributed by atoms with Gasteiger partial charge in [0.1, 0.15) is 0 Å². The summed E-state index contributed by atoms with van der Waals surface area (Å²) >= 11 is 7.50. The Kier molecular flexibility index (Phi) is 6.29. The summed E-state index contributed by atoms with van der Waals surface area (Å²) in [5.41, 5.74) is -0.0545. The molecule has 31 heavy (non-hydrogen) atoms. The molecule has 3 aromatic rings. The van der Waals surface area contributed by atoms with Gasteiger partial charge in [0, 0.05) is 22.1 Å². The zero-order valence-corrected chi connectivity index (χ0v) is 17.9. The van der Waals surface area contributed by atoms with E-state index in [1.54, 1.807) is 6.07 Å². The monoisotopic (exact) mass is 465 g/mol. The fraction of sp³-hybridized carbons (Fsp3) is 0.273. The van der Waals surface area contributed by atoms with Crippen LogP contribution in [0.25, 0.3) is 0 Å². The molecule has 4 rings (SSSR count). The minimum absolute atomic E-state index is 0.0145. The highest BCUT2D eigenvalue weighted by molar-refractivity contribution is 7.99. The topological polar surface area (TPSA) is 46.9 Å². The zero-order valence-electron chi connectivity index (χ0n) is 16.3. The molecule has 0 spiro atoms. The number of rotatable bonds is 7. The van der Waals surface area contributed by atoms with Gasteiger partial charge in [-0.15, -0.1) is 0 Å². The molecule has 1 fully saturated rings. The van der Waals surface area contributed by atoms with E-state index >= 15 is 0 Å². The first-order valence-corrected chi connectivity index (χ1v) is 11.0. The minimum atomic E-state index is -4.62. The molecule has 9 heteroatoms. The number of anilines is 1. The number of carbonyl (C=O) groups excluding carboxylic acids is 1. The highest BCUT2D eigenvalue weighted by Gasteiger charge is 2.42. The largest absolute Gasteiger partial charge is 0.436 e. The van der Waals surface area contributed by atoms with Crippen LogP contribution in [0.1, 0.15) is 36.6 Å².